The molecule has 33 heavy (non-hydrogen) atoms. The van der Waals surface area contributed by atoms with Crippen molar-refractivity contribution in [2.45, 2.75) is 12.5 Å². The van der Waals surface area contributed by atoms with Gasteiger partial charge in [-0.3, -0.25) is 14.4 Å². The number of methoxy groups -OCH3 is 1. The summed E-state index contributed by atoms with van der Waals surface area (Å²) in [6, 6.07) is 8.29. The quantitative estimate of drug-likeness (QED) is 0.289. The van der Waals surface area contributed by atoms with Crippen LogP contribution >= 0.6 is 67.8 Å². The van der Waals surface area contributed by atoms with Crippen molar-refractivity contribution >= 4 is 97.2 Å². The van der Waals surface area contributed by atoms with Crippen LogP contribution < -0.4 is 16.0 Å². The van der Waals surface area contributed by atoms with E-state index < -0.39 is 29.7 Å². The van der Waals surface area contributed by atoms with E-state index in [-0.39, 0.29) is 37.0 Å². The Hall–Kier alpha value is -1.53. The summed E-state index contributed by atoms with van der Waals surface area (Å²) in [5.41, 5.74) is 0.982. The number of carboxylic acid groups (broad SMARTS) is 1. The van der Waals surface area contributed by atoms with Crippen molar-refractivity contribution in [3.8, 4) is 0 Å². The highest BCUT2D eigenvalue weighted by molar-refractivity contribution is 14.1. The van der Waals surface area contributed by atoms with E-state index in [9.17, 15) is 24.3 Å². The zero-order valence-corrected chi connectivity index (χ0v) is 24.0. The number of anilines is 1. The Morgan fingerprint density at radius 2 is 1.61 bits per heavy atom. The number of ether oxygens (including phenoxy) is 1. The van der Waals surface area contributed by atoms with Gasteiger partial charge in [0, 0.05) is 24.1 Å². The van der Waals surface area contributed by atoms with Crippen LogP contribution in [0, 0.1) is 10.7 Å². The van der Waals surface area contributed by atoms with Crippen LogP contribution in [0.4, 0.5) is 5.69 Å². The first-order valence-corrected chi connectivity index (χ1v) is 12.6. The van der Waals surface area contributed by atoms with Crippen molar-refractivity contribution in [1.82, 2.24) is 10.6 Å². The molecule has 0 spiro atoms. The average molecular weight is 791 g/mol. The van der Waals surface area contributed by atoms with E-state index in [4.69, 9.17) is 4.74 Å². The second-order valence-corrected chi connectivity index (χ2v) is 9.92. The van der Waals surface area contributed by atoms with Gasteiger partial charge in [-0.25, -0.2) is 4.79 Å². The predicted molar refractivity (Wildman–Crippen MR) is 148 cm³/mol. The molecule has 0 aliphatic rings. The molecular weight excluding hydrogens is 771 g/mol. The van der Waals surface area contributed by atoms with Gasteiger partial charge in [-0.15, -0.1) is 0 Å². The van der Waals surface area contributed by atoms with Gasteiger partial charge in [0.15, 0.2) is 0 Å². The summed E-state index contributed by atoms with van der Waals surface area (Å²) in [5.74, 6) is -2.77. The first-order valence-electron chi connectivity index (χ1n) is 9.41. The lowest BCUT2D eigenvalue weighted by molar-refractivity contribution is -0.122. The third-order valence-corrected chi connectivity index (χ3v) is 7.68. The number of benzene rings is 2. The first kappa shape index (κ1) is 27.7. The van der Waals surface area contributed by atoms with Crippen LogP contribution in [-0.2, 0) is 20.7 Å². The maximum atomic E-state index is 13.3. The fourth-order valence-corrected chi connectivity index (χ4v) is 7.32. The summed E-state index contributed by atoms with van der Waals surface area (Å²) in [4.78, 5) is 49.9. The number of hydrogen-bond donors (Lipinski definition) is 4. The lowest BCUT2D eigenvalue weighted by Gasteiger charge is -2.21. The number of amides is 3. The number of carboxylic acids is 1. The van der Waals surface area contributed by atoms with Crippen LogP contribution in [0.3, 0.4) is 0 Å². The van der Waals surface area contributed by atoms with Crippen LogP contribution in [0.2, 0.25) is 0 Å². The van der Waals surface area contributed by atoms with Gasteiger partial charge in [0.05, 0.1) is 24.0 Å². The van der Waals surface area contributed by atoms with Crippen LogP contribution in [0.15, 0.2) is 30.3 Å². The zero-order chi connectivity index (χ0) is 24.7. The molecule has 0 heterocycles. The maximum absolute atomic E-state index is 13.3. The minimum absolute atomic E-state index is 0.0590. The first-order chi connectivity index (χ1) is 15.6. The molecule has 2 rings (SSSR count). The number of aromatic carboxylic acids is 1. The molecule has 0 unspecified atom stereocenters. The smallest absolute Gasteiger partial charge is 0.337 e. The molecule has 0 aromatic heterocycles. The summed E-state index contributed by atoms with van der Waals surface area (Å²) in [7, 11) is 2.83. The Bertz CT molecular complexity index is 1080. The van der Waals surface area contributed by atoms with E-state index >= 15 is 0 Å². The Morgan fingerprint density at radius 3 is 2.15 bits per heavy atom. The molecule has 2 aromatic rings. The SMILES string of the molecule is CNC(=O)[C@H](Cc1ccccc1)NC(=O)c1c(I)c(NC(=O)COC)c(I)c(C(=O)O)c1I. The molecule has 0 radical (unpaired) electrons. The number of carbonyl (C=O) groups excluding carboxylic acids is 3. The third kappa shape index (κ3) is 6.98. The van der Waals surface area contributed by atoms with Gasteiger partial charge in [-0.1, -0.05) is 30.3 Å². The van der Waals surface area contributed by atoms with Gasteiger partial charge in [-0.2, -0.15) is 0 Å². The van der Waals surface area contributed by atoms with Gasteiger partial charge >= 0.3 is 5.97 Å². The normalized spacial score (nSPS) is 11.4. The highest BCUT2D eigenvalue weighted by Crippen LogP contribution is 2.35. The van der Waals surface area contributed by atoms with Crippen molar-refractivity contribution in [2.24, 2.45) is 0 Å². The molecule has 0 fully saturated rings. The number of nitrogens with one attached hydrogen (secondary N) is 3. The maximum Gasteiger partial charge on any atom is 0.337 e. The summed E-state index contributed by atoms with van der Waals surface area (Å²) in [5, 5.41) is 17.6. The van der Waals surface area contributed by atoms with Gasteiger partial charge in [-0.05, 0) is 73.3 Å². The topological polar surface area (TPSA) is 134 Å². The number of hydrogen-bond acceptors (Lipinski definition) is 5. The minimum atomic E-state index is -1.25. The molecule has 1 atom stereocenters. The molecule has 0 aliphatic carbocycles. The highest BCUT2D eigenvalue weighted by Gasteiger charge is 2.30. The molecular formula is C21H20I3N3O6. The fourth-order valence-electron chi connectivity index (χ4n) is 2.93. The molecule has 176 valence electrons. The molecule has 4 N–H and O–H groups in total. The summed E-state index contributed by atoms with van der Waals surface area (Å²) in [6.45, 7) is -0.238. The van der Waals surface area contributed by atoms with E-state index in [2.05, 4.69) is 16.0 Å². The second-order valence-electron chi connectivity index (χ2n) is 6.68. The van der Waals surface area contributed by atoms with Crippen LogP contribution in [0.25, 0.3) is 0 Å². The largest absolute Gasteiger partial charge is 0.478 e. The van der Waals surface area contributed by atoms with Crippen molar-refractivity contribution in [1.29, 1.82) is 0 Å². The molecule has 0 saturated carbocycles. The summed E-state index contributed by atoms with van der Waals surface area (Å²) >= 11 is 5.51. The molecule has 9 nitrogen and oxygen atoms in total. The van der Waals surface area contributed by atoms with Crippen LogP contribution in [0.5, 0.6) is 0 Å². The van der Waals surface area contributed by atoms with E-state index in [0.717, 1.165) is 5.56 Å². The summed E-state index contributed by atoms with van der Waals surface area (Å²) < 4.78 is 5.65. The second kappa shape index (κ2) is 12.8. The predicted octanol–water partition coefficient (Wildman–Crippen LogP) is 2.87. The van der Waals surface area contributed by atoms with Crippen molar-refractivity contribution < 1.29 is 29.0 Å². The molecule has 0 aliphatic heterocycles. The van der Waals surface area contributed by atoms with E-state index in [1.165, 1.54) is 14.2 Å². The fraction of sp³-hybridized carbons (Fsp3) is 0.238. The van der Waals surface area contributed by atoms with Gasteiger partial charge in [0.2, 0.25) is 11.8 Å². The Kier molecular flexibility index (Phi) is 10.7. The lowest BCUT2D eigenvalue weighted by Crippen LogP contribution is -2.47. The van der Waals surface area contributed by atoms with Crippen LogP contribution in [-0.4, -0.2) is 55.6 Å². The Balaban J connectivity index is 2.52. The molecule has 3 amide bonds. The molecule has 0 saturated heterocycles. The van der Waals surface area contributed by atoms with Gasteiger partial charge < -0.3 is 25.8 Å². The minimum Gasteiger partial charge on any atom is -0.478 e. The monoisotopic (exact) mass is 791 g/mol. The number of carbonyl (C=O) groups is 4. The van der Waals surface area contributed by atoms with Crippen molar-refractivity contribution in [2.75, 3.05) is 26.1 Å². The Morgan fingerprint density at radius 1 is 1.00 bits per heavy atom. The Labute approximate surface area is 231 Å². The van der Waals surface area contributed by atoms with Crippen LogP contribution in [0.1, 0.15) is 26.3 Å². The van der Waals surface area contributed by atoms with E-state index in [0.29, 0.717) is 3.57 Å². The summed E-state index contributed by atoms with van der Waals surface area (Å²) in [6.07, 6.45) is 0.243. The van der Waals surface area contributed by atoms with E-state index in [1.54, 1.807) is 22.6 Å². The molecule has 2 aromatic carbocycles. The number of likely N-dealkylation sites (N-methyl/N-ethyl adjacent to an activating group) is 1. The van der Waals surface area contributed by atoms with E-state index in [1.807, 2.05) is 75.5 Å². The molecule has 0 bridgehead atoms. The van der Waals surface area contributed by atoms with Gasteiger partial charge in [0.25, 0.3) is 5.91 Å². The van der Waals surface area contributed by atoms with Crippen molar-refractivity contribution in [3.63, 3.8) is 0 Å². The number of rotatable bonds is 9. The zero-order valence-electron chi connectivity index (χ0n) is 17.5. The molecule has 12 heteroatoms. The lowest BCUT2D eigenvalue weighted by atomic mass is 10.0. The van der Waals surface area contributed by atoms with Crippen molar-refractivity contribution in [3.05, 3.63) is 57.7 Å². The third-order valence-electron chi connectivity index (χ3n) is 4.45. The van der Waals surface area contributed by atoms with Gasteiger partial charge in [0.1, 0.15) is 12.6 Å². The number of halogens is 3. The highest BCUT2D eigenvalue weighted by atomic mass is 127. The average Bonchev–Trinajstić information content (AvgIpc) is 2.76. The standard InChI is InChI=1S/C21H20I3N3O6/c1-25-19(29)11(8-10-6-4-3-5-7-10)26-20(30)13-15(22)14(21(31)32)17(24)18(16(13)23)27-12(28)9-33-2/h3-7,11H,8-9H2,1-2H3,(H,25,29)(H,26,30)(H,27,28)(H,31,32)/t11-/m0/s1.